The van der Waals surface area contributed by atoms with Crippen molar-refractivity contribution in [2.45, 2.75) is 12.6 Å². The molecule has 1 aromatic rings. The van der Waals surface area contributed by atoms with Gasteiger partial charge in [0.25, 0.3) is 0 Å². The molecule has 22 heavy (non-hydrogen) atoms. The highest BCUT2D eigenvalue weighted by Crippen LogP contribution is 2.33. The molecule has 0 aliphatic rings. The summed E-state index contributed by atoms with van der Waals surface area (Å²) in [6.45, 7) is 0. The van der Waals surface area contributed by atoms with Gasteiger partial charge in [-0.25, -0.2) is 4.39 Å². The summed E-state index contributed by atoms with van der Waals surface area (Å²) in [6, 6.07) is 2.23. The van der Waals surface area contributed by atoms with E-state index in [2.05, 4.69) is 10.1 Å². The molecular formula is C13H13F4NO3S. The number of carbonyl (C=O) groups is 2. The van der Waals surface area contributed by atoms with E-state index in [4.69, 9.17) is 0 Å². The van der Waals surface area contributed by atoms with E-state index in [1.807, 2.05) is 0 Å². The maximum atomic E-state index is 13.1. The summed E-state index contributed by atoms with van der Waals surface area (Å²) in [5.41, 5.74) is -1.58. The molecule has 4 nitrogen and oxygen atoms in total. The predicted molar refractivity (Wildman–Crippen MR) is 74.0 cm³/mol. The number of amides is 1. The second kappa shape index (κ2) is 8.02. The van der Waals surface area contributed by atoms with Crippen molar-refractivity contribution in [2.75, 3.05) is 23.9 Å². The molecule has 0 heterocycles. The van der Waals surface area contributed by atoms with Gasteiger partial charge in [-0.15, -0.1) is 11.8 Å². The Balaban J connectivity index is 2.53. The van der Waals surface area contributed by atoms with E-state index in [9.17, 15) is 27.2 Å². The Morgan fingerprint density at radius 1 is 1.32 bits per heavy atom. The zero-order valence-corrected chi connectivity index (χ0v) is 12.3. The fourth-order valence-corrected chi connectivity index (χ4v) is 2.18. The van der Waals surface area contributed by atoms with Gasteiger partial charge < -0.3 is 10.1 Å². The van der Waals surface area contributed by atoms with Gasteiger partial charge >= 0.3 is 12.1 Å². The van der Waals surface area contributed by atoms with Gasteiger partial charge in [0.1, 0.15) is 5.82 Å². The number of esters is 1. The maximum Gasteiger partial charge on any atom is 0.419 e. The highest BCUT2D eigenvalue weighted by molar-refractivity contribution is 7.99. The minimum absolute atomic E-state index is 0.000385. The first-order chi connectivity index (χ1) is 10.2. The molecule has 0 aliphatic heterocycles. The third-order valence-electron chi connectivity index (χ3n) is 2.48. The molecule has 0 unspecified atom stereocenters. The number of anilines is 1. The van der Waals surface area contributed by atoms with E-state index in [-0.39, 0.29) is 17.9 Å². The number of halogens is 4. The Morgan fingerprint density at radius 3 is 2.59 bits per heavy atom. The molecule has 0 saturated carbocycles. The summed E-state index contributed by atoms with van der Waals surface area (Å²) in [5.74, 6) is -1.98. The first-order valence-corrected chi connectivity index (χ1v) is 7.20. The number of hydrogen-bond donors (Lipinski definition) is 1. The number of rotatable bonds is 6. The van der Waals surface area contributed by atoms with Crippen molar-refractivity contribution < 1.29 is 31.9 Å². The van der Waals surface area contributed by atoms with Crippen molar-refractivity contribution >= 4 is 29.3 Å². The van der Waals surface area contributed by atoms with Crippen molar-refractivity contribution in [3.8, 4) is 0 Å². The monoisotopic (exact) mass is 339 g/mol. The Morgan fingerprint density at radius 2 is 2.00 bits per heavy atom. The second-order valence-electron chi connectivity index (χ2n) is 4.12. The number of carbonyl (C=O) groups excluding carboxylic acids is 2. The third-order valence-corrected chi connectivity index (χ3v) is 3.41. The van der Waals surface area contributed by atoms with E-state index in [1.165, 1.54) is 7.11 Å². The predicted octanol–water partition coefficient (Wildman–Crippen LogP) is 3.08. The molecule has 0 atom stereocenters. The summed E-state index contributed by atoms with van der Waals surface area (Å²) in [6.07, 6.45) is -4.83. The van der Waals surface area contributed by atoms with Crippen LogP contribution in [-0.4, -0.2) is 30.5 Å². The van der Waals surface area contributed by atoms with Crippen LogP contribution in [0.1, 0.15) is 12.0 Å². The van der Waals surface area contributed by atoms with Crippen LogP contribution in [0.15, 0.2) is 18.2 Å². The minimum Gasteiger partial charge on any atom is -0.468 e. The van der Waals surface area contributed by atoms with E-state index >= 15 is 0 Å². The molecule has 0 aromatic heterocycles. The maximum absolute atomic E-state index is 13.1. The molecule has 1 rings (SSSR count). The van der Waals surface area contributed by atoms with Gasteiger partial charge in [-0.2, -0.15) is 13.2 Å². The van der Waals surface area contributed by atoms with E-state index in [0.717, 1.165) is 17.8 Å². The second-order valence-corrected chi connectivity index (χ2v) is 5.22. The van der Waals surface area contributed by atoms with Crippen LogP contribution >= 0.6 is 11.8 Å². The summed E-state index contributed by atoms with van der Waals surface area (Å²) in [5, 5.41) is 2.25. The van der Waals surface area contributed by atoms with Gasteiger partial charge in [-0.3, -0.25) is 9.59 Å². The van der Waals surface area contributed by atoms with Crippen molar-refractivity contribution in [1.82, 2.24) is 0 Å². The quantitative estimate of drug-likeness (QED) is 0.492. The molecule has 9 heteroatoms. The molecular weight excluding hydrogens is 326 g/mol. The Bertz CT molecular complexity index is 549. The average molecular weight is 339 g/mol. The van der Waals surface area contributed by atoms with Crippen molar-refractivity contribution in [3.05, 3.63) is 29.6 Å². The van der Waals surface area contributed by atoms with Crippen LogP contribution in [0.25, 0.3) is 0 Å². The van der Waals surface area contributed by atoms with Gasteiger partial charge in [0.15, 0.2) is 0 Å². The molecule has 0 bridgehead atoms. The van der Waals surface area contributed by atoms with Crippen LogP contribution in [0.5, 0.6) is 0 Å². The topological polar surface area (TPSA) is 55.4 Å². The van der Waals surface area contributed by atoms with E-state index in [0.29, 0.717) is 17.9 Å². The van der Waals surface area contributed by atoms with Crippen molar-refractivity contribution in [1.29, 1.82) is 0 Å². The highest BCUT2D eigenvalue weighted by Gasteiger charge is 2.34. The molecule has 0 aliphatic carbocycles. The molecule has 0 saturated heterocycles. The number of benzene rings is 1. The minimum atomic E-state index is -4.83. The number of nitrogens with one attached hydrogen (secondary N) is 1. The first kappa shape index (κ1) is 18.3. The van der Waals surface area contributed by atoms with Gasteiger partial charge in [-0.05, 0) is 18.2 Å². The lowest BCUT2D eigenvalue weighted by molar-refractivity contribution is -0.140. The van der Waals surface area contributed by atoms with Gasteiger partial charge in [0.2, 0.25) is 5.91 Å². The molecule has 0 radical (unpaired) electrons. The lowest BCUT2D eigenvalue weighted by Crippen LogP contribution is -2.15. The smallest absolute Gasteiger partial charge is 0.419 e. The normalized spacial score (nSPS) is 11.1. The number of ether oxygens (including phenoxy) is 1. The zero-order chi connectivity index (χ0) is 16.8. The van der Waals surface area contributed by atoms with E-state index < -0.39 is 29.4 Å². The van der Waals surface area contributed by atoms with Crippen LogP contribution < -0.4 is 5.32 Å². The Kier molecular flexibility index (Phi) is 6.66. The summed E-state index contributed by atoms with van der Waals surface area (Å²) in [7, 11) is 1.24. The molecule has 0 spiro atoms. The molecule has 0 fully saturated rings. The number of thioether (sulfide) groups is 1. The molecule has 122 valence electrons. The lowest BCUT2D eigenvalue weighted by atomic mass is 10.2. The summed E-state index contributed by atoms with van der Waals surface area (Å²) in [4.78, 5) is 22.4. The van der Waals surface area contributed by atoms with Crippen LogP contribution in [-0.2, 0) is 20.5 Å². The standard InChI is InChI=1S/C13H13F4NO3S/c1-21-12(20)7-22-5-4-11(19)18-8-2-3-10(14)9(6-8)13(15,16)17/h2-3,6H,4-5,7H2,1H3,(H,18,19). The highest BCUT2D eigenvalue weighted by atomic mass is 32.2. The van der Waals surface area contributed by atoms with Crippen molar-refractivity contribution in [2.24, 2.45) is 0 Å². The van der Waals surface area contributed by atoms with E-state index in [1.54, 1.807) is 0 Å². The van der Waals surface area contributed by atoms with Crippen LogP contribution in [0, 0.1) is 5.82 Å². The molecule has 1 amide bonds. The van der Waals surface area contributed by atoms with Crippen LogP contribution in [0.3, 0.4) is 0 Å². The number of alkyl halides is 3. The van der Waals surface area contributed by atoms with Crippen molar-refractivity contribution in [3.63, 3.8) is 0 Å². The average Bonchev–Trinajstić information content (AvgIpc) is 2.44. The Hall–Kier alpha value is -1.77. The molecule has 1 aromatic carbocycles. The fraction of sp³-hybridized carbons (Fsp3) is 0.385. The summed E-state index contributed by atoms with van der Waals surface area (Å²) >= 11 is 1.16. The molecule has 1 N–H and O–H groups in total. The number of hydrogen-bond acceptors (Lipinski definition) is 4. The number of methoxy groups -OCH3 is 1. The SMILES string of the molecule is COC(=O)CSCCC(=O)Nc1ccc(F)c(C(F)(F)F)c1. The Labute approximate surface area is 128 Å². The van der Waals surface area contributed by atoms with Crippen LogP contribution in [0.4, 0.5) is 23.2 Å². The van der Waals surface area contributed by atoms with Gasteiger partial charge in [0.05, 0.1) is 18.4 Å². The van der Waals surface area contributed by atoms with Gasteiger partial charge in [-0.1, -0.05) is 0 Å². The third kappa shape index (κ3) is 5.92. The fourth-order valence-electron chi connectivity index (χ4n) is 1.42. The summed E-state index contributed by atoms with van der Waals surface area (Å²) < 4.78 is 55.1. The van der Waals surface area contributed by atoms with Gasteiger partial charge in [0, 0.05) is 17.9 Å². The first-order valence-electron chi connectivity index (χ1n) is 6.05. The lowest BCUT2D eigenvalue weighted by Gasteiger charge is -2.11. The van der Waals surface area contributed by atoms with Crippen LogP contribution in [0.2, 0.25) is 0 Å². The zero-order valence-electron chi connectivity index (χ0n) is 11.5. The largest absolute Gasteiger partial charge is 0.468 e.